The quantitative estimate of drug-likeness (QED) is 0.392. The zero-order valence-electron chi connectivity index (χ0n) is 17.5. The maximum Gasteiger partial charge on any atom is 0.389 e. The maximum atomic E-state index is 14.6. The standard InChI is InChI=1S/C24H26F6O/c1-3-4-15-5-7-16(8-6-15)18-12-21(27)23(22(28)13-18)24(29,30)31-14(2)17-9-10-19(25)20(26)11-17/h9-16H,3-8H2,1-2H3. The summed E-state index contributed by atoms with van der Waals surface area (Å²) in [5, 5.41) is 0. The van der Waals surface area contributed by atoms with Crippen LogP contribution in [0.1, 0.15) is 81.1 Å². The van der Waals surface area contributed by atoms with Gasteiger partial charge >= 0.3 is 6.11 Å². The van der Waals surface area contributed by atoms with Gasteiger partial charge in [-0.15, -0.1) is 0 Å². The van der Waals surface area contributed by atoms with E-state index in [9.17, 15) is 26.3 Å². The molecule has 0 aliphatic heterocycles. The molecule has 1 aliphatic carbocycles. The van der Waals surface area contributed by atoms with Crippen molar-refractivity contribution in [2.45, 2.75) is 70.5 Å². The molecule has 7 heteroatoms. The molecule has 0 amide bonds. The van der Waals surface area contributed by atoms with Crippen LogP contribution in [0.4, 0.5) is 26.3 Å². The molecule has 1 aliphatic rings. The smallest absolute Gasteiger partial charge is 0.309 e. The molecule has 0 bridgehead atoms. The average Bonchev–Trinajstić information content (AvgIpc) is 2.69. The van der Waals surface area contributed by atoms with Gasteiger partial charge in [0.2, 0.25) is 0 Å². The Balaban J connectivity index is 1.77. The van der Waals surface area contributed by atoms with Crippen molar-refractivity contribution in [3.8, 4) is 0 Å². The molecule has 3 rings (SSSR count). The van der Waals surface area contributed by atoms with Crippen LogP contribution in [0, 0.1) is 29.2 Å². The molecule has 1 atom stereocenters. The topological polar surface area (TPSA) is 9.23 Å². The molecular weight excluding hydrogens is 418 g/mol. The summed E-state index contributed by atoms with van der Waals surface area (Å²) >= 11 is 0. The fraction of sp³-hybridized carbons (Fsp3) is 0.500. The number of rotatable bonds is 7. The van der Waals surface area contributed by atoms with Crippen molar-refractivity contribution < 1.29 is 31.1 Å². The van der Waals surface area contributed by atoms with E-state index in [1.165, 1.54) is 6.92 Å². The van der Waals surface area contributed by atoms with Crippen molar-refractivity contribution in [2.75, 3.05) is 0 Å². The monoisotopic (exact) mass is 444 g/mol. The van der Waals surface area contributed by atoms with Crippen LogP contribution in [0.5, 0.6) is 0 Å². The van der Waals surface area contributed by atoms with E-state index in [0.717, 1.165) is 62.8 Å². The van der Waals surface area contributed by atoms with E-state index in [2.05, 4.69) is 11.7 Å². The maximum absolute atomic E-state index is 14.6. The van der Waals surface area contributed by atoms with Crippen molar-refractivity contribution in [2.24, 2.45) is 5.92 Å². The van der Waals surface area contributed by atoms with Gasteiger partial charge in [0.05, 0.1) is 6.10 Å². The second kappa shape index (κ2) is 9.63. The first-order valence-corrected chi connectivity index (χ1v) is 10.6. The molecule has 0 aromatic heterocycles. The van der Waals surface area contributed by atoms with Gasteiger partial charge in [0.15, 0.2) is 11.6 Å². The van der Waals surface area contributed by atoms with Crippen molar-refractivity contribution >= 4 is 0 Å². The Bertz CT molecular complexity index is 882. The van der Waals surface area contributed by atoms with Crippen LogP contribution in [0.25, 0.3) is 0 Å². The van der Waals surface area contributed by atoms with Crippen molar-refractivity contribution in [3.05, 3.63) is 70.3 Å². The second-order valence-corrected chi connectivity index (χ2v) is 8.32. The molecule has 0 radical (unpaired) electrons. The van der Waals surface area contributed by atoms with Crippen LogP contribution in [0.2, 0.25) is 0 Å². The lowest BCUT2D eigenvalue weighted by Gasteiger charge is -2.29. The summed E-state index contributed by atoms with van der Waals surface area (Å²) in [6.45, 7) is 3.28. The van der Waals surface area contributed by atoms with Crippen molar-refractivity contribution in [3.63, 3.8) is 0 Å². The van der Waals surface area contributed by atoms with E-state index in [1.807, 2.05) is 0 Å². The number of alkyl halides is 2. The number of halogens is 6. The van der Waals surface area contributed by atoms with Gasteiger partial charge in [-0.25, -0.2) is 17.6 Å². The highest BCUT2D eigenvalue weighted by Crippen LogP contribution is 2.42. The molecule has 2 aromatic rings. The molecule has 1 fully saturated rings. The molecule has 2 aromatic carbocycles. The highest BCUT2D eigenvalue weighted by Gasteiger charge is 2.42. The Hall–Kier alpha value is -2.02. The second-order valence-electron chi connectivity index (χ2n) is 8.32. The van der Waals surface area contributed by atoms with Gasteiger partial charge in [-0.05, 0) is 79.8 Å². The lowest BCUT2D eigenvalue weighted by Crippen LogP contribution is -2.24. The van der Waals surface area contributed by atoms with Crippen LogP contribution in [-0.2, 0) is 10.8 Å². The minimum absolute atomic E-state index is 0.0678. The van der Waals surface area contributed by atoms with E-state index in [4.69, 9.17) is 0 Å². The summed E-state index contributed by atoms with van der Waals surface area (Å²) in [6, 6.07) is 4.48. The Morgan fingerprint density at radius 3 is 2.06 bits per heavy atom. The molecule has 31 heavy (non-hydrogen) atoms. The summed E-state index contributed by atoms with van der Waals surface area (Å²) in [4.78, 5) is 0. The van der Waals surface area contributed by atoms with Gasteiger partial charge in [-0.2, -0.15) is 8.78 Å². The number of benzene rings is 2. The van der Waals surface area contributed by atoms with Gasteiger partial charge < -0.3 is 4.74 Å². The zero-order chi connectivity index (χ0) is 22.8. The first-order chi connectivity index (χ1) is 14.6. The summed E-state index contributed by atoms with van der Waals surface area (Å²) in [5.41, 5.74) is -1.19. The predicted octanol–water partition coefficient (Wildman–Crippen LogP) is 8.14. The van der Waals surface area contributed by atoms with Gasteiger partial charge in [0, 0.05) is 0 Å². The Labute approximate surface area is 178 Å². The Kier molecular flexibility index (Phi) is 7.35. The number of hydrogen-bond acceptors (Lipinski definition) is 1. The fourth-order valence-electron chi connectivity index (χ4n) is 4.41. The lowest BCUT2D eigenvalue weighted by atomic mass is 9.77. The summed E-state index contributed by atoms with van der Waals surface area (Å²) in [6.07, 6.45) is -0.0816. The van der Waals surface area contributed by atoms with Gasteiger partial charge in [-0.3, -0.25) is 0 Å². The average molecular weight is 444 g/mol. The predicted molar refractivity (Wildman–Crippen MR) is 106 cm³/mol. The number of ether oxygens (including phenoxy) is 1. The lowest BCUT2D eigenvalue weighted by molar-refractivity contribution is -0.275. The molecular formula is C24H26F6O. The first kappa shape index (κ1) is 23.6. The van der Waals surface area contributed by atoms with Crippen LogP contribution >= 0.6 is 0 Å². The van der Waals surface area contributed by atoms with Crippen LogP contribution < -0.4 is 0 Å². The van der Waals surface area contributed by atoms with Crippen molar-refractivity contribution in [1.29, 1.82) is 0 Å². The van der Waals surface area contributed by atoms with Gasteiger partial charge in [0.1, 0.15) is 17.2 Å². The Morgan fingerprint density at radius 2 is 1.52 bits per heavy atom. The summed E-state index contributed by atoms with van der Waals surface area (Å²) in [5.74, 6) is -4.60. The highest BCUT2D eigenvalue weighted by atomic mass is 19.3. The molecule has 0 N–H and O–H groups in total. The van der Waals surface area contributed by atoms with E-state index in [0.29, 0.717) is 17.5 Å². The zero-order valence-corrected chi connectivity index (χ0v) is 17.5. The fourth-order valence-corrected chi connectivity index (χ4v) is 4.41. The molecule has 170 valence electrons. The van der Waals surface area contributed by atoms with E-state index in [1.54, 1.807) is 0 Å². The summed E-state index contributed by atoms with van der Waals surface area (Å²) < 4.78 is 89.5. The highest BCUT2D eigenvalue weighted by molar-refractivity contribution is 5.31. The largest absolute Gasteiger partial charge is 0.389 e. The molecule has 0 heterocycles. The van der Waals surface area contributed by atoms with Crippen molar-refractivity contribution in [1.82, 2.24) is 0 Å². The molecule has 1 unspecified atom stereocenters. The third-order valence-electron chi connectivity index (χ3n) is 6.11. The third kappa shape index (κ3) is 5.43. The molecule has 1 nitrogen and oxygen atoms in total. The molecule has 0 saturated heterocycles. The third-order valence-corrected chi connectivity index (χ3v) is 6.11. The number of hydrogen-bond donors (Lipinski definition) is 0. The van der Waals surface area contributed by atoms with Gasteiger partial charge in [-0.1, -0.05) is 25.8 Å². The van der Waals surface area contributed by atoms with Crippen LogP contribution in [0.3, 0.4) is 0 Å². The van der Waals surface area contributed by atoms with E-state index < -0.39 is 41.0 Å². The van der Waals surface area contributed by atoms with Gasteiger partial charge in [0.25, 0.3) is 0 Å². The van der Waals surface area contributed by atoms with Crippen LogP contribution in [-0.4, -0.2) is 0 Å². The minimum Gasteiger partial charge on any atom is -0.309 e. The van der Waals surface area contributed by atoms with E-state index >= 15 is 0 Å². The van der Waals surface area contributed by atoms with Crippen LogP contribution in [0.15, 0.2) is 30.3 Å². The summed E-state index contributed by atoms with van der Waals surface area (Å²) in [7, 11) is 0. The first-order valence-electron chi connectivity index (χ1n) is 10.6. The van der Waals surface area contributed by atoms with E-state index in [-0.39, 0.29) is 11.5 Å². The Morgan fingerprint density at radius 1 is 0.903 bits per heavy atom. The SMILES string of the molecule is CCCC1CCC(c2cc(F)c(C(F)(F)OC(C)c3ccc(F)c(F)c3)c(F)c2)CC1. The normalized spacial score (nSPS) is 20.6. The molecule has 0 spiro atoms. The molecule has 1 saturated carbocycles. The minimum atomic E-state index is -4.30.